The number of hydrogen-bond acceptors (Lipinski definition) is 6. The minimum absolute atomic E-state index is 0.515. The van der Waals surface area contributed by atoms with Gasteiger partial charge in [-0.3, -0.25) is 0 Å². The molecule has 0 radical (unpaired) electrons. The second kappa shape index (κ2) is 17.9. The molecule has 8 heteroatoms. The van der Waals surface area contributed by atoms with Crippen LogP contribution in [0.15, 0.2) is 231 Å². The lowest BCUT2D eigenvalue weighted by Gasteiger charge is -2.20. The summed E-state index contributed by atoms with van der Waals surface area (Å²) in [5, 5.41) is 34.0. The molecule has 0 bridgehead atoms. The van der Waals surface area contributed by atoms with Crippen molar-refractivity contribution in [3.8, 4) is 97.1 Å². The summed E-state index contributed by atoms with van der Waals surface area (Å²) in [4.78, 5) is 15.4. The summed E-state index contributed by atoms with van der Waals surface area (Å²) >= 11 is 0. The van der Waals surface area contributed by atoms with E-state index in [1.54, 1.807) is 0 Å². The van der Waals surface area contributed by atoms with Crippen LogP contribution in [-0.4, -0.2) is 24.1 Å². The zero-order valence-corrected chi connectivity index (χ0v) is 39.5. The summed E-state index contributed by atoms with van der Waals surface area (Å²) in [6.07, 6.45) is 0. The predicted molar refractivity (Wildman–Crippen MR) is 295 cm³/mol. The Balaban J connectivity index is 1.09. The van der Waals surface area contributed by atoms with Crippen LogP contribution in [0, 0.1) is 34.0 Å². The highest BCUT2D eigenvalue weighted by atomic mass is 15.0. The summed E-state index contributed by atoms with van der Waals surface area (Å²) in [5.41, 5.74) is 15.9. The number of nitrogens with zero attached hydrogens (tertiary/aromatic N) is 8. The standard InChI is InChI=1S/C66H38N8/c67-39-42-19-24-45(25-20-42)49-29-33-61-56(36-49)52-15-7-9-17-58(52)73(61)60-32-23-44(41-69)35-55(60)54-31-28-51(66-71-64(47-11-3-1-4-12-47)70-65(72-66)48-13-5-2-6-14-48)38-63(54)74-59-18-10-8-16-53(59)57-37-50(30-34-62(57)74)46-26-21-43(40-68)22-27-46/h1-38H. The number of benzene rings is 10. The molecular formula is C66H38N8. The van der Waals surface area contributed by atoms with E-state index in [-0.39, 0.29) is 0 Å². The molecule has 0 saturated carbocycles. The van der Waals surface area contributed by atoms with E-state index in [9.17, 15) is 15.8 Å². The fourth-order valence-electron chi connectivity index (χ4n) is 10.3. The van der Waals surface area contributed by atoms with E-state index in [2.05, 4.69) is 137 Å². The molecule has 0 atom stereocenters. The minimum atomic E-state index is 0.515. The maximum absolute atomic E-state index is 10.6. The van der Waals surface area contributed by atoms with E-state index in [1.807, 2.05) is 121 Å². The van der Waals surface area contributed by atoms with Crippen molar-refractivity contribution in [3.05, 3.63) is 247 Å². The molecule has 13 rings (SSSR count). The summed E-state index contributed by atoms with van der Waals surface area (Å²) < 4.78 is 4.63. The predicted octanol–water partition coefficient (Wildman–Crippen LogP) is 15.7. The third-order valence-corrected chi connectivity index (χ3v) is 13.9. The van der Waals surface area contributed by atoms with Gasteiger partial charge in [-0.25, -0.2) is 15.0 Å². The fraction of sp³-hybridized carbons (Fsp3) is 0. The topological polar surface area (TPSA) is 120 Å². The number of hydrogen-bond donors (Lipinski definition) is 0. The zero-order valence-electron chi connectivity index (χ0n) is 39.5. The van der Waals surface area contributed by atoms with Crippen molar-refractivity contribution in [2.24, 2.45) is 0 Å². The van der Waals surface area contributed by atoms with Gasteiger partial charge in [-0.15, -0.1) is 0 Å². The fourth-order valence-corrected chi connectivity index (χ4v) is 10.3. The van der Waals surface area contributed by atoms with Crippen molar-refractivity contribution in [1.29, 1.82) is 15.8 Å². The van der Waals surface area contributed by atoms with Gasteiger partial charge < -0.3 is 9.13 Å². The van der Waals surface area contributed by atoms with Gasteiger partial charge in [-0.05, 0) is 107 Å². The molecular weight excluding hydrogens is 905 g/mol. The van der Waals surface area contributed by atoms with Gasteiger partial charge in [0, 0.05) is 49.4 Å². The molecule has 0 fully saturated rings. The number of nitriles is 3. The molecule has 3 heterocycles. The van der Waals surface area contributed by atoms with Gasteiger partial charge in [0.05, 0.1) is 68.3 Å². The molecule has 3 aromatic heterocycles. The first-order valence-electron chi connectivity index (χ1n) is 24.2. The minimum Gasteiger partial charge on any atom is -0.309 e. The van der Waals surface area contributed by atoms with Crippen LogP contribution in [0.1, 0.15) is 16.7 Å². The van der Waals surface area contributed by atoms with Gasteiger partial charge in [0.1, 0.15) is 0 Å². The molecule has 10 aromatic carbocycles. The summed E-state index contributed by atoms with van der Waals surface area (Å²) in [6, 6.07) is 84.6. The number of para-hydroxylation sites is 2. The van der Waals surface area contributed by atoms with Gasteiger partial charge in [-0.2, -0.15) is 15.8 Å². The van der Waals surface area contributed by atoms with Crippen LogP contribution in [0.5, 0.6) is 0 Å². The lowest BCUT2D eigenvalue weighted by molar-refractivity contribution is 1.07. The highest BCUT2D eigenvalue weighted by Crippen LogP contribution is 2.44. The van der Waals surface area contributed by atoms with Crippen molar-refractivity contribution in [3.63, 3.8) is 0 Å². The largest absolute Gasteiger partial charge is 0.309 e. The maximum Gasteiger partial charge on any atom is 0.164 e. The molecule has 0 spiro atoms. The lowest BCUT2D eigenvalue weighted by Crippen LogP contribution is -2.04. The van der Waals surface area contributed by atoms with Crippen molar-refractivity contribution in [2.75, 3.05) is 0 Å². The molecule has 74 heavy (non-hydrogen) atoms. The Hall–Kier alpha value is -10.7. The first kappa shape index (κ1) is 43.3. The van der Waals surface area contributed by atoms with Crippen LogP contribution in [0.4, 0.5) is 0 Å². The Bertz CT molecular complexity index is 4430. The molecule has 0 amide bonds. The van der Waals surface area contributed by atoms with Gasteiger partial charge >= 0.3 is 0 Å². The third kappa shape index (κ3) is 7.42. The second-order valence-electron chi connectivity index (χ2n) is 18.2. The highest BCUT2D eigenvalue weighted by molar-refractivity contribution is 6.13. The molecule has 342 valence electrons. The molecule has 0 aliphatic heterocycles. The normalized spacial score (nSPS) is 11.2. The van der Waals surface area contributed by atoms with Gasteiger partial charge in [0.15, 0.2) is 17.5 Å². The summed E-state index contributed by atoms with van der Waals surface area (Å²) in [5.74, 6) is 1.64. The van der Waals surface area contributed by atoms with E-state index in [4.69, 9.17) is 15.0 Å². The van der Waals surface area contributed by atoms with E-state index in [0.717, 1.165) is 105 Å². The van der Waals surface area contributed by atoms with E-state index in [0.29, 0.717) is 34.2 Å². The Labute approximate surface area is 425 Å². The van der Waals surface area contributed by atoms with Crippen LogP contribution in [0.25, 0.3) is 123 Å². The summed E-state index contributed by atoms with van der Waals surface area (Å²) in [6.45, 7) is 0. The third-order valence-electron chi connectivity index (χ3n) is 13.9. The second-order valence-corrected chi connectivity index (χ2v) is 18.2. The Morgan fingerprint density at radius 2 is 0.676 bits per heavy atom. The van der Waals surface area contributed by atoms with Crippen molar-refractivity contribution < 1.29 is 0 Å². The Morgan fingerprint density at radius 1 is 0.270 bits per heavy atom. The van der Waals surface area contributed by atoms with E-state index in [1.165, 1.54) is 0 Å². The highest BCUT2D eigenvalue weighted by Gasteiger charge is 2.23. The smallest absolute Gasteiger partial charge is 0.164 e. The SMILES string of the molecule is N#Cc1ccc(-c2ccc3c(c2)c2ccccc2n3-c2ccc(C#N)cc2-c2ccc(-c3nc(-c4ccccc4)nc(-c4ccccc4)n3)cc2-n2c3ccccc3c3cc(-c4ccc(C#N)cc4)ccc32)cc1. The van der Waals surface area contributed by atoms with Crippen LogP contribution in [0.2, 0.25) is 0 Å². The lowest BCUT2D eigenvalue weighted by atomic mass is 9.96. The Kier molecular flexibility index (Phi) is 10.5. The molecule has 0 unspecified atom stereocenters. The van der Waals surface area contributed by atoms with Gasteiger partial charge in [0.25, 0.3) is 0 Å². The van der Waals surface area contributed by atoms with Gasteiger partial charge in [-0.1, -0.05) is 146 Å². The van der Waals surface area contributed by atoms with E-state index < -0.39 is 0 Å². The molecule has 0 aliphatic rings. The van der Waals surface area contributed by atoms with Crippen LogP contribution in [0.3, 0.4) is 0 Å². The average Bonchev–Trinajstić information content (AvgIpc) is 4.03. The average molecular weight is 943 g/mol. The van der Waals surface area contributed by atoms with Crippen LogP contribution < -0.4 is 0 Å². The first-order valence-corrected chi connectivity index (χ1v) is 24.2. The van der Waals surface area contributed by atoms with Gasteiger partial charge in [0.2, 0.25) is 0 Å². The summed E-state index contributed by atoms with van der Waals surface area (Å²) in [7, 11) is 0. The quantitative estimate of drug-likeness (QED) is 0.150. The number of rotatable bonds is 8. The molecule has 8 nitrogen and oxygen atoms in total. The first-order chi connectivity index (χ1) is 36.5. The monoisotopic (exact) mass is 942 g/mol. The molecule has 0 aliphatic carbocycles. The zero-order chi connectivity index (χ0) is 49.7. The van der Waals surface area contributed by atoms with Crippen LogP contribution >= 0.6 is 0 Å². The molecule has 0 saturated heterocycles. The van der Waals surface area contributed by atoms with Crippen molar-refractivity contribution in [2.45, 2.75) is 0 Å². The van der Waals surface area contributed by atoms with Crippen molar-refractivity contribution >= 4 is 43.6 Å². The van der Waals surface area contributed by atoms with Crippen LogP contribution in [-0.2, 0) is 0 Å². The number of fused-ring (bicyclic) bond motifs is 6. The Morgan fingerprint density at radius 3 is 1.18 bits per heavy atom. The molecule has 13 aromatic rings. The van der Waals surface area contributed by atoms with E-state index >= 15 is 0 Å². The molecule has 0 N–H and O–H groups in total. The van der Waals surface area contributed by atoms with Crippen molar-refractivity contribution in [1.82, 2.24) is 24.1 Å². The maximum atomic E-state index is 10.6. The number of aromatic nitrogens is 5.